The van der Waals surface area contributed by atoms with Crippen molar-refractivity contribution >= 4 is 56.4 Å². The summed E-state index contributed by atoms with van der Waals surface area (Å²) in [6.07, 6.45) is 0.00516. The third-order valence-electron chi connectivity index (χ3n) is 5.04. The highest BCUT2D eigenvalue weighted by Crippen LogP contribution is 2.28. The highest BCUT2D eigenvalue weighted by atomic mass is 79.9. The highest BCUT2D eigenvalue weighted by Gasteiger charge is 2.44. The third-order valence-corrected chi connectivity index (χ3v) is 5.98. The first kappa shape index (κ1) is 21.2. The lowest BCUT2D eigenvalue weighted by Gasteiger charge is -2.24. The molecule has 0 spiro atoms. The normalized spacial score (nSPS) is 16.0. The molecule has 1 aliphatic heterocycles. The molecule has 156 valence electrons. The van der Waals surface area contributed by atoms with Crippen molar-refractivity contribution in [1.29, 1.82) is 0 Å². The minimum Gasteiger partial charge on any atom is -0.332 e. The number of anilines is 2. The molecule has 1 unspecified atom stereocenters. The molecule has 31 heavy (non-hydrogen) atoms. The van der Waals surface area contributed by atoms with Crippen molar-refractivity contribution in [3.63, 3.8) is 0 Å². The zero-order valence-electron chi connectivity index (χ0n) is 16.6. The van der Waals surface area contributed by atoms with E-state index < -0.39 is 6.04 Å². The van der Waals surface area contributed by atoms with Crippen LogP contribution in [0.25, 0.3) is 0 Å². The van der Waals surface area contributed by atoms with E-state index in [0.29, 0.717) is 23.0 Å². The Labute approximate surface area is 194 Å². The van der Waals surface area contributed by atoms with Gasteiger partial charge in [0.25, 0.3) is 5.91 Å². The molecule has 1 heterocycles. The predicted octanol–water partition coefficient (Wildman–Crippen LogP) is 4.98. The maximum atomic E-state index is 13.4. The molecular weight excluding hydrogens is 474 g/mol. The first-order valence-corrected chi connectivity index (χ1v) is 11.0. The van der Waals surface area contributed by atoms with Gasteiger partial charge in [0.05, 0.1) is 12.1 Å². The monoisotopic (exact) mass is 493 g/mol. The van der Waals surface area contributed by atoms with E-state index in [-0.39, 0.29) is 18.2 Å². The Bertz CT molecular complexity index is 1090. The van der Waals surface area contributed by atoms with Crippen LogP contribution in [0.4, 0.5) is 11.4 Å². The molecule has 7 heteroatoms. The standard InChI is InChI=1S/C24H20BrN3O2S/c25-18-11-13-19(14-12-18)26-22(29)15-21-23(30)28(20-9-5-2-6-10-20)24(31)27(21)16-17-7-3-1-4-8-17/h1-14,21H,15-16H2,(H,26,29). The SMILES string of the molecule is O=C(CC1C(=O)N(c2ccccc2)C(=S)N1Cc1ccccc1)Nc1ccc(Br)cc1. The maximum Gasteiger partial charge on any atom is 0.256 e. The second kappa shape index (κ2) is 9.41. The number of benzene rings is 3. The first-order chi connectivity index (χ1) is 15.0. The molecule has 1 aliphatic rings. The Morgan fingerprint density at radius 2 is 1.55 bits per heavy atom. The van der Waals surface area contributed by atoms with Gasteiger partial charge in [0.1, 0.15) is 6.04 Å². The number of para-hydroxylation sites is 1. The fourth-order valence-electron chi connectivity index (χ4n) is 3.53. The fourth-order valence-corrected chi connectivity index (χ4v) is 4.18. The van der Waals surface area contributed by atoms with Gasteiger partial charge in [-0.1, -0.05) is 64.5 Å². The Kier molecular flexibility index (Phi) is 6.44. The number of amides is 2. The molecule has 1 fully saturated rings. The molecule has 0 saturated carbocycles. The second-order valence-electron chi connectivity index (χ2n) is 7.18. The number of carbonyl (C=O) groups is 2. The van der Waals surface area contributed by atoms with Gasteiger partial charge in [0.15, 0.2) is 5.11 Å². The van der Waals surface area contributed by atoms with Gasteiger partial charge in [0.2, 0.25) is 5.91 Å². The maximum absolute atomic E-state index is 13.4. The van der Waals surface area contributed by atoms with Crippen molar-refractivity contribution in [2.24, 2.45) is 0 Å². The van der Waals surface area contributed by atoms with Crippen molar-refractivity contribution in [3.05, 3.63) is 95.0 Å². The first-order valence-electron chi connectivity index (χ1n) is 9.82. The number of carbonyl (C=O) groups excluding carboxylic acids is 2. The van der Waals surface area contributed by atoms with E-state index in [1.807, 2.05) is 77.7 Å². The summed E-state index contributed by atoms with van der Waals surface area (Å²) in [5.74, 6) is -0.436. The zero-order chi connectivity index (χ0) is 21.8. The zero-order valence-corrected chi connectivity index (χ0v) is 19.0. The summed E-state index contributed by atoms with van der Waals surface area (Å²) >= 11 is 9.07. The number of hydrogen-bond acceptors (Lipinski definition) is 3. The number of rotatable bonds is 6. The van der Waals surface area contributed by atoms with Gasteiger partial charge >= 0.3 is 0 Å². The van der Waals surface area contributed by atoms with Crippen LogP contribution in [0, 0.1) is 0 Å². The Hall–Kier alpha value is -3.03. The number of thiocarbonyl (C=S) groups is 1. The molecule has 3 aromatic carbocycles. The van der Waals surface area contributed by atoms with E-state index in [9.17, 15) is 9.59 Å². The quantitative estimate of drug-likeness (QED) is 0.492. The van der Waals surface area contributed by atoms with Gasteiger partial charge in [-0.25, -0.2) is 0 Å². The largest absolute Gasteiger partial charge is 0.332 e. The second-order valence-corrected chi connectivity index (χ2v) is 8.46. The Balaban J connectivity index is 1.58. The van der Waals surface area contributed by atoms with E-state index in [0.717, 1.165) is 10.0 Å². The van der Waals surface area contributed by atoms with Crippen LogP contribution in [0.1, 0.15) is 12.0 Å². The lowest BCUT2D eigenvalue weighted by atomic mass is 10.1. The molecule has 0 aromatic heterocycles. The van der Waals surface area contributed by atoms with Crippen LogP contribution in [-0.4, -0.2) is 27.9 Å². The fraction of sp³-hybridized carbons (Fsp3) is 0.125. The highest BCUT2D eigenvalue weighted by molar-refractivity contribution is 9.10. The van der Waals surface area contributed by atoms with Crippen LogP contribution in [0.3, 0.4) is 0 Å². The van der Waals surface area contributed by atoms with Gasteiger partial charge in [0, 0.05) is 16.7 Å². The lowest BCUT2D eigenvalue weighted by molar-refractivity contribution is -0.124. The minimum absolute atomic E-state index is 0.00516. The summed E-state index contributed by atoms with van der Waals surface area (Å²) in [6.45, 7) is 0.449. The predicted molar refractivity (Wildman–Crippen MR) is 130 cm³/mol. The van der Waals surface area contributed by atoms with Crippen LogP contribution in [0.15, 0.2) is 89.4 Å². The summed E-state index contributed by atoms with van der Waals surface area (Å²) in [6, 6.07) is 25.7. The molecule has 1 atom stereocenters. The smallest absolute Gasteiger partial charge is 0.256 e. The van der Waals surface area contributed by atoms with E-state index in [4.69, 9.17) is 12.2 Å². The van der Waals surface area contributed by atoms with Crippen molar-refractivity contribution < 1.29 is 9.59 Å². The average molecular weight is 494 g/mol. The van der Waals surface area contributed by atoms with Crippen molar-refractivity contribution in [2.45, 2.75) is 19.0 Å². The van der Waals surface area contributed by atoms with Gasteiger partial charge in [-0.2, -0.15) is 0 Å². The Morgan fingerprint density at radius 1 is 0.935 bits per heavy atom. The van der Waals surface area contributed by atoms with Gasteiger partial charge in [-0.05, 0) is 54.2 Å². The topological polar surface area (TPSA) is 52.7 Å². The lowest BCUT2D eigenvalue weighted by Crippen LogP contribution is -2.37. The van der Waals surface area contributed by atoms with E-state index in [2.05, 4.69) is 21.2 Å². The number of nitrogens with zero attached hydrogens (tertiary/aromatic N) is 2. The van der Waals surface area contributed by atoms with E-state index in [1.165, 1.54) is 4.90 Å². The van der Waals surface area contributed by atoms with Gasteiger partial charge in [-0.3, -0.25) is 14.5 Å². The molecule has 4 rings (SSSR count). The molecule has 0 aliphatic carbocycles. The van der Waals surface area contributed by atoms with Gasteiger partial charge in [-0.15, -0.1) is 0 Å². The molecule has 1 N–H and O–H groups in total. The van der Waals surface area contributed by atoms with Gasteiger partial charge < -0.3 is 10.2 Å². The van der Waals surface area contributed by atoms with Crippen LogP contribution in [0.2, 0.25) is 0 Å². The van der Waals surface area contributed by atoms with Crippen molar-refractivity contribution in [1.82, 2.24) is 4.90 Å². The van der Waals surface area contributed by atoms with Crippen LogP contribution < -0.4 is 10.2 Å². The number of nitrogens with one attached hydrogen (secondary N) is 1. The van der Waals surface area contributed by atoms with E-state index in [1.54, 1.807) is 12.1 Å². The van der Waals surface area contributed by atoms with Crippen LogP contribution in [0.5, 0.6) is 0 Å². The molecule has 0 radical (unpaired) electrons. The van der Waals surface area contributed by atoms with Crippen molar-refractivity contribution in [2.75, 3.05) is 10.2 Å². The summed E-state index contributed by atoms with van der Waals surface area (Å²) in [5, 5.41) is 3.27. The van der Waals surface area contributed by atoms with E-state index >= 15 is 0 Å². The molecular formula is C24H20BrN3O2S. The molecule has 1 saturated heterocycles. The summed E-state index contributed by atoms with van der Waals surface area (Å²) in [7, 11) is 0. The molecule has 5 nitrogen and oxygen atoms in total. The Morgan fingerprint density at radius 3 is 2.19 bits per heavy atom. The summed E-state index contributed by atoms with van der Waals surface area (Å²) in [4.78, 5) is 29.5. The number of hydrogen-bond donors (Lipinski definition) is 1. The molecule has 3 aromatic rings. The summed E-state index contributed by atoms with van der Waals surface area (Å²) in [5.41, 5.74) is 2.40. The molecule has 2 amide bonds. The van der Waals surface area contributed by atoms with Crippen molar-refractivity contribution in [3.8, 4) is 0 Å². The molecule has 0 bridgehead atoms. The number of halogens is 1. The minimum atomic E-state index is -0.677. The third kappa shape index (κ3) is 4.84. The summed E-state index contributed by atoms with van der Waals surface area (Å²) < 4.78 is 0.925. The van der Waals surface area contributed by atoms with Crippen LogP contribution >= 0.6 is 28.1 Å². The van der Waals surface area contributed by atoms with Crippen LogP contribution in [-0.2, 0) is 16.1 Å². The average Bonchev–Trinajstić information content (AvgIpc) is 3.00.